The largest absolute Gasteiger partial charge is 0.316 e. The van der Waals surface area contributed by atoms with E-state index in [4.69, 9.17) is 0 Å². The van der Waals surface area contributed by atoms with Crippen molar-refractivity contribution in [1.82, 2.24) is 5.32 Å². The second-order valence-electron chi connectivity index (χ2n) is 5.41. The Kier molecular flexibility index (Phi) is 4.34. The lowest BCUT2D eigenvalue weighted by Gasteiger charge is -2.17. The first-order valence-corrected chi connectivity index (χ1v) is 5.74. The van der Waals surface area contributed by atoms with Crippen LogP contribution in [0.25, 0.3) is 0 Å². The van der Waals surface area contributed by atoms with Crippen molar-refractivity contribution in [2.45, 2.75) is 40.2 Å². The summed E-state index contributed by atoms with van der Waals surface area (Å²) in [5, 5.41) is 3.16. The predicted octanol–water partition coefficient (Wildman–Crippen LogP) is 3.38. The van der Waals surface area contributed by atoms with Crippen molar-refractivity contribution >= 4 is 0 Å². The highest BCUT2D eigenvalue weighted by Crippen LogP contribution is 2.21. The molecular formula is C14H23N. The molecule has 0 amide bonds. The first-order chi connectivity index (χ1) is 7.01. The highest BCUT2D eigenvalue weighted by Gasteiger charge is 2.09. The molecule has 0 aliphatic rings. The van der Waals surface area contributed by atoms with E-state index in [1.54, 1.807) is 0 Å². The van der Waals surface area contributed by atoms with Gasteiger partial charge in [0.15, 0.2) is 0 Å². The van der Waals surface area contributed by atoms with Crippen LogP contribution < -0.4 is 5.32 Å². The molecule has 0 saturated carbocycles. The van der Waals surface area contributed by atoms with Crippen LogP contribution in [-0.4, -0.2) is 7.05 Å². The van der Waals surface area contributed by atoms with Crippen molar-refractivity contribution in [2.24, 2.45) is 5.41 Å². The Morgan fingerprint density at radius 2 is 1.53 bits per heavy atom. The van der Waals surface area contributed by atoms with Gasteiger partial charge in [-0.25, -0.2) is 0 Å². The van der Waals surface area contributed by atoms with Gasteiger partial charge in [-0.05, 0) is 36.4 Å². The topological polar surface area (TPSA) is 12.0 Å². The highest BCUT2D eigenvalue weighted by atomic mass is 14.8. The van der Waals surface area contributed by atoms with Gasteiger partial charge in [0.05, 0.1) is 0 Å². The zero-order valence-electron chi connectivity index (χ0n) is 10.4. The van der Waals surface area contributed by atoms with Gasteiger partial charge in [0.1, 0.15) is 0 Å². The first-order valence-electron chi connectivity index (χ1n) is 5.74. The molecule has 0 fully saturated rings. The number of hydrogen-bond donors (Lipinski definition) is 1. The minimum atomic E-state index is 0.434. The molecule has 0 radical (unpaired) electrons. The third-order valence-electron chi connectivity index (χ3n) is 2.57. The summed E-state index contributed by atoms with van der Waals surface area (Å²) < 4.78 is 0. The summed E-state index contributed by atoms with van der Waals surface area (Å²) in [4.78, 5) is 0. The van der Waals surface area contributed by atoms with Crippen LogP contribution in [0, 0.1) is 5.41 Å². The van der Waals surface area contributed by atoms with E-state index in [1.807, 2.05) is 7.05 Å². The van der Waals surface area contributed by atoms with Gasteiger partial charge >= 0.3 is 0 Å². The molecule has 1 N–H and O–H groups in total. The molecule has 1 aromatic rings. The third kappa shape index (κ3) is 4.98. The summed E-state index contributed by atoms with van der Waals surface area (Å²) in [7, 11) is 1.98. The Morgan fingerprint density at radius 3 is 2.00 bits per heavy atom. The number of hydrogen-bond acceptors (Lipinski definition) is 1. The average molecular weight is 205 g/mol. The van der Waals surface area contributed by atoms with Gasteiger partial charge in [-0.1, -0.05) is 45.0 Å². The summed E-state index contributed by atoms with van der Waals surface area (Å²) in [6.45, 7) is 7.84. The molecule has 0 heterocycles. The number of rotatable bonds is 4. The van der Waals surface area contributed by atoms with Crippen molar-refractivity contribution in [2.75, 3.05) is 7.05 Å². The van der Waals surface area contributed by atoms with E-state index in [2.05, 4.69) is 50.4 Å². The zero-order chi connectivity index (χ0) is 11.3. The fraction of sp³-hybridized carbons (Fsp3) is 0.571. The van der Waals surface area contributed by atoms with Crippen LogP contribution in [0.3, 0.4) is 0 Å². The Morgan fingerprint density at radius 1 is 1.00 bits per heavy atom. The lowest BCUT2D eigenvalue weighted by molar-refractivity contribution is 0.378. The van der Waals surface area contributed by atoms with Crippen LogP contribution in [0.1, 0.15) is 38.3 Å². The first kappa shape index (κ1) is 12.3. The van der Waals surface area contributed by atoms with Gasteiger partial charge in [-0.15, -0.1) is 0 Å². The monoisotopic (exact) mass is 205 g/mol. The molecule has 0 saturated heterocycles. The van der Waals surface area contributed by atoms with Gasteiger partial charge < -0.3 is 5.32 Å². The lowest BCUT2D eigenvalue weighted by Crippen LogP contribution is -2.07. The minimum Gasteiger partial charge on any atom is -0.316 e. The van der Waals surface area contributed by atoms with Crippen molar-refractivity contribution in [3.8, 4) is 0 Å². The van der Waals surface area contributed by atoms with E-state index >= 15 is 0 Å². The maximum absolute atomic E-state index is 3.16. The van der Waals surface area contributed by atoms with E-state index in [9.17, 15) is 0 Å². The third-order valence-corrected chi connectivity index (χ3v) is 2.57. The second-order valence-corrected chi connectivity index (χ2v) is 5.41. The van der Waals surface area contributed by atoms with Crippen molar-refractivity contribution in [3.05, 3.63) is 35.4 Å². The molecule has 84 valence electrons. The van der Waals surface area contributed by atoms with Crippen LogP contribution in [0.15, 0.2) is 24.3 Å². The molecule has 0 unspecified atom stereocenters. The molecule has 0 bridgehead atoms. The second kappa shape index (κ2) is 5.32. The molecule has 1 nitrogen and oxygen atoms in total. The smallest absolute Gasteiger partial charge is 0.0202 e. The van der Waals surface area contributed by atoms with Gasteiger partial charge in [-0.3, -0.25) is 0 Å². The molecule has 0 aliphatic carbocycles. The van der Waals surface area contributed by atoms with Crippen molar-refractivity contribution in [3.63, 3.8) is 0 Å². The summed E-state index contributed by atoms with van der Waals surface area (Å²) in [5.41, 5.74) is 3.24. The molecule has 15 heavy (non-hydrogen) atoms. The minimum absolute atomic E-state index is 0.434. The van der Waals surface area contributed by atoms with Gasteiger partial charge in [0.25, 0.3) is 0 Å². The number of benzene rings is 1. The van der Waals surface area contributed by atoms with Crippen LogP contribution in [0.4, 0.5) is 0 Å². The molecular weight excluding hydrogens is 182 g/mol. The van der Waals surface area contributed by atoms with Gasteiger partial charge in [-0.2, -0.15) is 0 Å². The van der Waals surface area contributed by atoms with Crippen LogP contribution in [-0.2, 0) is 13.0 Å². The van der Waals surface area contributed by atoms with E-state index in [1.165, 1.54) is 24.0 Å². The van der Waals surface area contributed by atoms with E-state index in [-0.39, 0.29) is 0 Å². The SMILES string of the molecule is CNCc1ccc(CCC(C)(C)C)cc1. The predicted molar refractivity (Wildman–Crippen MR) is 67.0 cm³/mol. The van der Waals surface area contributed by atoms with Gasteiger partial charge in [0, 0.05) is 6.54 Å². The molecule has 0 spiro atoms. The quantitative estimate of drug-likeness (QED) is 0.794. The molecule has 1 aromatic carbocycles. The van der Waals surface area contributed by atoms with Gasteiger partial charge in [0.2, 0.25) is 0 Å². The summed E-state index contributed by atoms with van der Waals surface area (Å²) in [5.74, 6) is 0. The van der Waals surface area contributed by atoms with Crippen LogP contribution in [0.2, 0.25) is 0 Å². The normalized spacial score (nSPS) is 11.7. The van der Waals surface area contributed by atoms with Crippen molar-refractivity contribution in [1.29, 1.82) is 0 Å². The van der Waals surface area contributed by atoms with E-state index in [0.29, 0.717) is 5.41 Å². The maximum Gasteiger partial charge on any atom is 0.0202 e. The highest BCUT2D eigenvalue weighted by molar-refractivity contribution is 5.22. The average Bonchev–Trinajstić information content (AvgIpc) is 2.16. The van der Waals surface area contributed by atoms with Crippen LogP contribution >= 0.6 is 0 Å². The summed E-state index contributed by atoms with van der Waals surface area (Å²) in [6.07, 6.45) is 2.43. The fourth-order valence-electron chi connectivity index (χ4n) is 1.55. The maximum atomic E-state index is 3.16. The molecule has 1 heteroatoms. The number of aryl methyl sites for hydroxylation is 1. The molecule has 0 atom stereocenters. The van der Waals surface area contributed by atoms with E-state index in [0.717, 1.165) is 6.54 Å². The fourth-order valence-corrected chi connectivity index (χ4v) is 1.55. The van der Waals surface area contributed by atoms with Crippen LogP contribution in [0.5, 0.6) is 0 Å². The zero-order valence-corrected chi connectivity index (χ0v) is 10.4. The Labute approximate surface area is 93.9 Å². The van der Waals surface area contributed by atoms with Crippen molar-refractivity contribution < 1.29 is 0 Å². The number of nitrogens with one attached hydrogen (secondary N) is 1. The molecule has 0 aromatic heterocycles. The molecule has 0 aliphatic heterocycles. The summed E-state index contributed by atoms with van der Waals surface area (Å²) in [6, 6.07) is 8.93. The Balaban J connectivity index is 2.50. The standard InChI is InChI=1S/C14H23N/c1-14(2,3)10-9-12-5-7-13(8-6-12)11-15-4/h5-8,15H,9-11H2,1-4H3. The summed E-state index contributed by atoms with van der Waals surface area (Å²) >= 11 is 0. The molecule has 1 rings (SSSR count). The lowest BCUT2D eigenvalue weighted by atomic mass is 9.88. The Bertz CT molecular complexity index is 279. The Hall–Kier alpha value is -0.820. The van der Waals surface area contributed by atoms with E-state index < -0.39 is 0 Å².